The van der Waals surface area contributed by atoms with E-state index in [-0.39, 0.29) is 16.2 Å². The van der Waals surface area contributed by atoms with Gasteiger partial charge in [0.1, 0.15) is 0 Å². The number of hydrogen-bond acceptors (Lipinski definition) is 1. The third-order valence-electron chi connectivity index (χ3n) is 14.0. The minimum atomic E-state index is -0.382. The van der Waals surface area contributed by atoms with E-state index >= 15 is 0 Å². The van der Waals surface area contributed by atoms with Crippen molar-refractivity contribution in [1.29, 1.82) is 0 Å². The molecule has 6 aromatic carbocycles. The van der Waals surface area contributed by atoms with Crippen molar-refractivity contribution in [2.75, 3.05) is 4.90 Å². The zero-order chi connectivity index (χ0) is 37.8. The molecule has 5 aliphatic carbocycles. The van der Waals surface area contributed by atoms with E-state index in [4.69, 9.17) is 0 Å². The zero-order valence-corrected chi connectivity index (χ0v) is 32.9. The fourth-order valence-corrected chi connectivity index (χ4v) is 11.3. The predicted molar refractivity (Wildman–Crippen MR) is 235 cm³/mol. The number of fused-ring (bicyclic) bond motifs is 8. The lowest BCUT2D eigenvalue weighted by Crippen LogP contribution is -2.30. The molecule has 0 N–H and O–H groups in total. The van der Waals surface area contributed by atoms with Gasteiger partial charge in [-0.15, -0.1) is 0 Å². The summed E-state index contributed by atoms with van der Waals surface area (Å²) >= 11 is 0. The lowest BCUT2D eigenvalue weighted by Gasteiger charge is -2.38. The average Bonchev–Trinajstić information content (AvgIpc) is 3.76. The lowest BCUT2D eigenvalue weighted by molar-refractivity contribution is 0.648. The van der Waals surface area contributed by atoms with Gasteiger partial charge in [-0.25, -0.2) is 0 Å². The first kappa shape index (κ1) is 33.4. The van der Waals surface area contributed by atoms with Crippen molar-refractivity contribution in [2.45, 2.75) is 69.6 Å². The first-order valence-corrected chi connectivity index (χ1v) is 20.5. The Kier molecular flexibility index (Phi) is 7.18. The molecular formula is C55H47N. The summed E-state index contributed by atoms with van der Waals surface area (Å²) in [6, 6.07) is 53.2. The summed E-state index contributed by atoms with van der Waals surface area (Å²) in [5, 5.41) is 0. The fourth-order valence-electron chi connectivity index (χ4n) is 11.3. The number of nitrogens with zero attached hydrogens (tertiary/aromatic N) is 1. The number of rotatable bonds is 5. The standard InChI is InChI=1S/C55H47N/c1-53(2)47-24-14-11-21-41(47)44-30-27-38(33-50(44)53)56(39-28-31-45-42-22-12-15-25-48(42)54(3,4)51(45)34-39)40-29-32-46-43-23-13-16-26-49(43)55(52(46)35-40,36-17-7-5-8-18-36)37-19-9-6-10-20-37/h5-9,11-19,21-27,29-30,32-35H,10,20,28,31H2,1-4H3. The number of allylic oxidation sites excluding steroid dienone is 8. The van der Waals surface area contributed by atoms with Crippen LogP contribution in [-0.4, -0.2) is 0 Å². The van der Waals surface area contributed by atoms with Crippen molar-refractivity contribution in [3.63, 3.8) is 0 Å². The van der Waals surface area contributed by atoms with Crippen LogP contribution in [0.15, 0.2) is 181 Å². The van der Waals surface area contributed by atoms with Crippen molar-refractivity contribution in [3.05, 3.63) is 220 Å². The van der Waals surface area contributed by atoms with Crippen molar-refractivity contribution < 1.29 is 0 Å². The van der Waals surface area contributed by atoms with Gasteiger partial charge < -0.3 is 4.90 Å². The van der Waals surface area contributed by atoms with Crippen LogP contribution in [0, 0.1) is 0 Å². The molecule has 272 valence electrons. The van der Waals surface area contributed by atoms with Crippen LogP contribution >= 0.6 is 0 Å². The maximum atomic E-state index is 2.62. The zero-order valence-electron chi connectivity index (χ0n) is 32.9. The van der Waals surface area contributed by atoms with E-state index in [1.54, 1.807) is 0 Å². The highest BCUT2D eigenvalue weighted by molar-refractivity contribution is 5.91. The molecule has 5 aliphatic rings. The molecule has 0 aliphatic heterocycles. The molecular weight excluding hydrogens is 675 g/mol. The van der Waals surface area contributed by atoms with Gasteiger partial charge in [0.15, 0.2) is 0 Å². The second-order valence-electron chi connectivity index (χ2n) is 17.5. The Hall–Kier alpha value is -5.92. The van der Waals surface area contributed by atoms with E-state index in [1.165, 1.54) is 95.0 Å². The van der Waals surface area contributed by atoms with Gasteiger partial charge in [0, 0.05) is 27.9 Å². The molecule has 11 rings (SSSR count). The molecule has 0 amide bonds. The summed E-state index contributed by atoms with van der Waals surface area (Å²) in [7, 11) is 0. The number of hydrogen-bond donors (Lipinski definition) is 0. The van der Waals surface area contributed by atoms with Crippen molar-refractivity contribution in [1.82, 2.24) is 0 Å². The predicted octanol–water partition coefficient (Wildman–Crippen LogP) is 14.1. The number of anilines is 2. The maximum Gasteiger partial charge on any atom is 0.0677 e. The van der Waals surface area contributed by atoms with Crippen LogP contribution in [0.2, 0.25) is 0 Å². The Labute approximate surface area is 332 Å². The van der Waals surface area contributed by atoms with Gasteiger partial charge in [-0.05, 0) is 128 Å². The molecule has 0 saturated carbocycles. The first-order valence-electron chi connectivity index (χ1n) is 20.5. The highest BCUT2D eigenvalue weighted by atomic mass is 15.1. The second-order valence-corrected chi connectivity index (χ2v) is 17.5. The average molecular weight is 722 g/mol. The van der Waals surface area contributed by atoms with Crippen LogP contribution in [0.5, 0.6) is 0 Å². The van der Waals surface area contributed by atoms with E-state index in [9.17, 15) is 0 Å². The molecule has 6 aromatic rings. The Morgan fingerprint density at radius 1 is 0.482 bits per heavy atom. The van der Waals surface area contributed by atoms with Gasteiger partial charge in [-0.3, -0.25) is 0 Å². The fraction of sp³-hybridized carbons (Fsp3) is 0.200. The van der Waals surface area contributed by atoms with Crippen molar-refractivity contribution in [3.8, 4) is 22.3 Å². The van der Waals surface area contributed by atoms with Crippen LogP contribution in [0.1, 0.15) is 92.3 Å². The summed E-state index contributed by atoms with van der Waals surface area (Å²) in [5.74, 6) is 0. The molecule has 56 heavy (non-hydrogen) atoms. The van der Waals surface area contributed by atoms with E-state index < -0.39 is 0 Å². The molecule has 1 nitrogen and oxygen atoms in total. The van der Waals surface area contributed by atoms with Crippen molar-refractivity contribution >= 4 is 16.9 Å². The van der Waals surface area contributed by atoms with Crippen LogP contribution in [-0.2, 0) is 16.2 Å². The second kappa shape index (κ2) is 12.0. The molecule has 1 heteroatoms. The Bertz CT molecular complexity index is 2750. The summed E-state index contributed by atoms with van der Waals surface area (Å²) in [4.78, 5) is 2.62. The van der Waals surface area contributed by atoms with E-state index in [2.05, 4.69) is 196 Å². The van der Waals surface area contributed by atoms with E-state index in [1.807, 2.05) is 0 Å². The monoisotopic (exact) mass is 721 g/mol. The molecule has 0 spiro atoms. The highest BCUT2D eigenvalue weighted by Crippen LogP contribution is 2.59. The highest BCUT2D eigenvalue weighted by Gasteiger charge is 2.48. The summed E-state index contributed by atoms with van der Waals surface area (Å²) in [5.41, 5.74) is 22.9. The van der Waals surface area contributed by atoms with Gasteiger partial charge >= 0.3 is 0 Å². The summed E-state index contributed by atoms with van der Waals surface area (Å²) < 4.78 is 0. The Morgan fingerprint density at radius 3 is 1.75 bits per heavy atom. The van der Waals surface area contributed by atoms with Gasteiger partial charge in [0.05, 0.1) is 5.41 Å². The first-order chi connectivity index (χ1) is 27.3. The normalized spacial score (nSPS) is 20.3. The molecule has 0 saturated heterocycles. The molecule has 0 radical (unpaired) electrons. The maximum absolute atomic E-state index is 2.62. The Morgan fingerprint density at radius 2 is 1.05 bits per heavy atom. The van der Waals surface area contributed by atoms with Gasteiger partial charge in [0.25, 0.3) is 0 Å². The van der Waals surface area contributed by atoms with Crippen LogP contribution < -0.4 is 4.90 Å². The lowest BCUT2D eigenvalue weighted by atomic mass is 9.65. The van der Waals surface area contributed by atoms with Gasteiger partial charge in [-0.1, -0.05) is 167 Å². The quantitative estimate of drug-likeness (QED) is 0.171. The molecule has 0 fully saturated rings. The molecule has 0 bridgehead atoms. The topological polar surface area (TPSA) is 3.24 Å². The summed E-state index contributed by atoms with van der Waals surface area (Å²) in [6.45, 7) is 9.63. The van der Waals surface area contributed by atoms with Gasteiger partial charge in [0.2, 0.25) is 0 Å². The van der Waals surface area contributed by atoms with Crippen molar-refractivity contribution in [2.24, 2.45) is 0 Å². The van der Waals surface area contributed by atoms with Crippen LogP contribution in [0.4, 0.5) is 11.4 Å². The molecule has 0 heterocycles. The van der Waals surface area contributed by atoms with Crippen LogP contribution in [0.25, 0.3) is 27.8 Å². The molecule has 0 aromatic heterocycles. The van der Waals surface area contributed by atoms with E-state index in [0.29, 0.717) is 0 Å². The third kappa shape index (κ3) is 4.49. The molecule has 1 atom stereocenters. The third-order valence-corrected chi connectivity index (χ3v) is 14.0. The number of benzene rings is 6. The molecule has 1 unspecified atom stereocenters. The minimum Gasteiger partial charge on any atom is -0.314 e. The Balaban J connectivity index is 1.16. The van der Waals surface area contributed by atoms with E-state index in [0.717, 1.165) is 25.7 Å². The van der Waals surface area contributed by atoms with Gasteiger partial charge in [-0.2, -0.15) is 0 Å². The minimum absolute atomic E-state index is 0.0617. The smallest absolute Gasteiger partial charge is 0.0677 e. The SMILES string of the molecule is CC1(C)C2=C(CCC(N(c3ccc4c(c3)C(C)(C)c3ccccc3-4)c3ccc4c(c3)C(C3=CC=CCC3)(c3ccccc3)c3ccccc3-4)=C2)c2ccccc21. The summed E-state index contributed by atoms with van der Waals surface area (Å²) in [6.07, 6.45) is 13.7. The van der Waals surface area contributed by atoms with Crippen LogP contribution in [0.3, 0.4) is 0 Å². The largest absolute Gasteiger partial charge is 0.314 e.